The number of thioether (sulfide) groups is 1. The number of ether oxygens (including phenoxy) is 2. The molecule has 3 atom stereocenters. The molecule has 5 rings (SSSR count). The molecule has 0 spiro atoms. The van der Waals surface area contributed by atoms with Crippen LogP contribution in [0.15, 0.2) is 97.1 Å². The Bertz CT molecular complexity index is 1630. The van der Waals surface area contributed by atoms with Gasteiger partial charge in [0.25, 0.3) is 0 Å². The topological polar surface area (TPSA) is 143 Å². The van der Waals surface area contributed by atoms with E-state index >= 15 is 0 Å². The molecule has 2 amide bonds. The lowest BCUT2D eigenvalue weighted by Gasteiger charge is -2.36. The third-order valence-electron chi connectivity index (χ3n) is 8.13. The van der Waals surface area contributed by atoms with Crippen LogP contribution in [0, 0.1) is 0 Å². The molecule has 0 radical (unpaired) electrons. The number of hydrogen-bond donors (Lipinski definition) is 5. The van der Waals surface area contributed by atoms with Crippen LogP contribution in [0.3, 0.4) is 0 Å². The Balaban J connectivity index is 1.15. The van der Waals surface area contributed by atoms with E-state index in [1.54, 1.807) is 36.0 Å². The van der Waals surface area contributed by atoms with E-state index in [0.717, 1.165) is 39.1 Å². The molecule has 6 N–H and O–H groups in total. The van der Waals surface area contributed by atoms with Gasteiger partial charge < -0.3 is 36.1 Å². The minimum atomic E-state index is -0.542. The monoisotopic (exact) mass is 669 g/mol. The van der Waals surface area contributed by atoms with E-state index in [1.807, 2.05) is 66.7 Å². The van der Waals surface area contributed by atoms with Gasteiger partial charge in [-0.1, -0.05) is 78.9 Å². The summed E-state index contributed by atoms with van der Waals surface area (Å²) in [5.74, 6) is 1.13. The third kappa shape index (κ3) is 10.2. The summed E-state index contributed by atoms with van der Waals surface area (Å²) >= 11 is 1.66. The number of hydrogen-bond acceptors (Lipinski definition) is 8. The second-order valence-electron chi connectivity index (χ2n) is 11.7. The number of amides is 2. The van der Waals surface area contributed by atoms with Crippen molar-refractivity contribution in [1.82, 2.24) is 5.32 Å². The highest BCUT2D eigenvalue weighted by Crippen LogP contribution is 2.39. The molecule has 10 heteroatoms. The molecule has 0 unspecified atom stereocenters. The van der Waals surface area contributed by atoms with Crippen LogP contribution in [0.1, 0.15) is 60.3 Å². The van der Waals surface area contributed by atoms with E-state index in [4.69, 9.17) is 15.2 Å². The summed E-state index contributed by atoms with van der Waals surface area (Å²) in [6.07, 6.45) is 0.872. The molecule has 1 saturated heterocycles. The number of aliphatic hydroxyl groups excluding tert-OH is 2. The zero-order valence-electron chi connectivity index (χ0n) is 26.8. The molecule has 4 aromatic carbocycles. The third-order valence-corrected chi connectivity index (χ3v) is 9.21. The van der Waals surface area contributed by atoms with Crippen molar-refractivity contribution >= 4 is 35.0 Å². The fraction of sp³-hybridized carbons (Fsp3) is 0.316. The van der Waals surface area contributed by atoms with E-state index in [2.05, 4.69) is 16.7 Å². The maximum absolute atomic E-state index is 12.5. The summed E-state index contributed by atoms with van der Waals surface area (Å²) in [5, 5.41) is 24.4. The molecule has 0 bridgehead atoms. The van der Waals surface area contributed by atoms with Crippen molar-refractivity contribution in [3.05, 3.63) is 119 Å². The van der Waals surface area contributed by atoms with Crippen LogP contribution in [0.25, 0.3) is 11.1 Å². The Labute approximate surface area is 285 Å². The largest absolute Gasteiger partial charge is 0.397 e. The molecule has 1 aliphatic rings. The lowest BCUT2D eigenvalue weighted by atomic mass is 9.99. The molecule has 1 aliphatic heterocycles. The Kier molecular flexibility index (Phi) is 13.0. The summed E-state index contributed by atoms with van der Waals surface area (Å²) in [6, 6.07) is 31.1. The standard InChI is InChI=1S/C38H43N3O6S/c39-33-7-1-2-8-34(33)41-37(45)10-4-9-36(44)40-23-27-5-3-6-31(21-27)28-15-17-30(18-16-28)38-46-32(25-48-20-19-42)22-35(47-38)29-13-11-26(24-43)12-14-29/h1-3,5-8,11-18,21,32,35,38,42-43H,4,9-10,19-20,22-25,39H2,(H,40,44)(H,41,45)/t32-,35+,38+/m0/s1. The van der Waals surface area contributed by atoms with Crippen LogP contribution in [0.5, 0.6) is 0 Å². The molecule has 1 heterocycles. The van der Waals surface area contributed by atoms with E-state index in [9.17, 15) is 19.8 Å². The number of aliphatic hydroxyl groups is 2. The number of nitrogen functional groups attached to an aromatic ring is 1. The highest BCUT2D eigenvalue weighted by Gasteiger charge is 2.32. The van der Waals surface area contributed by atoms with Crippen molar-refractivity contribution in [2.24, 2.45) is 0 Å². The predicted molar refractivity (Wildman–Crippen MR) is 190 cm³/mol. The SMILES string of the molecule is Nc1ccccc1NC(=O)CCCC(=O)NCc1cccc(-c2ccc([C@@H]3O[C@H](CSCCO)C[C@H](c4ccc(CO)cc4)O3)cc2)c1. The van der Waals surface area contributed by atoms with E-state index in [1.165, 1.54) is 0 Å². The first-order valence-electron chi connectivity index (χ1n) is 16.2. The van der Waals surface area contributed by atoms with Gasteiger partial charge in [0, 0.05) is 42.9 Å². The Morgan fingerprint density at radius 1 is 0.812 bits per heavy atom. The fourth-order valence-electron chi connectivity index (χ4n) is 5.52. The molecule has 252 valence electrons. The average molecular weight is 670 g/mol. The lowest BCUT2D eigenvalue weighted by molar-refractivity contribution is -0.245. The smallest absolute Gasteiger partial charge is 0.224 e. The molecular weight excluding hydrogens is 627 g/mol. The minimum Gasteiger partial charge on any atom is -0.397 e. The fourth-order valence-corrected chi connectivity index (χ4v) is 6.29. The van der Waals surface area contributed by atoms with Gasteiger partial charge in [0.2, 0.25) is 11.8 Å². The molecule has 0 aromatic heterocycles. The van der Waals surface area contributed by atoms with Crippen molar-refractivity contribution in [2.45, 2.75) is 57.3 Å². The van der Waals surface area contributed by atoms with E-state index in [0.29, 0.717) is 36.5 Å². The van der Waals surface area contributed by atoms with Gasteiger partial charge in [-0.3, -0.25) is 9.59 Å². The van der Waals surface area contributed by atoms with Crippen LogP contribution >= 0.6 is 11.8 Å². The first-order chi connectivity index (χ1) is 23.4. The molecule has 1 fully saturated rings. The Morgan fingerprint density at radius 3 is 2.31 bits per heavy atom. The van der Waals surface area contributed by atoms with Gasteiger partial charge in [0.05, 0.1) is 36.8 Å². The predicted octanol–water partition coefficient (Wildman–Crippen LogP) is 6.12. The summed E-state index contributed by atoms with van der Waals surface area (Å²) < 4.78 is 12.8. The maximum atomic E-state index is 12.5. The highest BCUT2D eigenvalue weighted by atomic mass is 32.2. The first-order valence-corrected chi connectivity index (χ1v) is 17.4. The van der Waals surface area contributed by atoms with E-state index in [-0.39, 0.29) is 50.1 Å². The second kappa shape index (κ2) is 17.8. The van der Waals surface area contributed by atoms with Gasteiger partial charge >= 0.3 is 0 Å². The number of para-hydroxylation sites is 2. The Hall–Kier alpha value is -4.19. The van der Waals surface area contributed by atoms with Crippen molar-refractivity contribution in [3.8, 4) is 11.1 Å². The van der Waals surface area contributed by atoms with Crippen LogP contribution in [0.2, 0.25) is 0 Å². The summed E-state index contributed by atoms with van der Waals surface area (Å²) in [7, 11) is 0. The van der Waals surface area contributed by atoms with Crippen LogP contribution in [-0.2, 0) is 32.2 Å². The first kappa shape index (κ1) is 35.1. The molecule has 48 heavy (non-hydrogen) atoms. The van der Waals surface area contributed by atoms with Gasteiger partial charge in [-0.05, 0) is 52.4 Å². The van der Waals surface area contributed by atoms with Crippen molar-refractivity contribution < 1.29 is 29.3 Å². The van der Waals surface area contributed by atoms with Crippen LogP contribution in [-0.4, -0.2) is 46.2 Å². The molecule has 0 saturated carbocycles. The summed E-state index contributed by atoms with van der Waals surface area (Å²) in [5.41, 5.74) is 12.8. The quantitative estimate of drug-likeness (QED) is 0.0753. The molecular formula is C38H43N3O6S. The van der Waals surface area contributed by atoms with Crippen molar-refractivity contribution in [3.63, 3.8) is 0 Å². The number of anilines is 2. The Morgan fingerprint density at radius 2 is 1.56 bits per heavy atom. The zero-order valence-corrected chi connectivity index (χ0v) is 27.7. The minimum absolute atomic E-state index is 0.00412. The van der Waals surface area contributed by atoms with Gasteiger partial charge in [0.15, 0.2) is 6.29 Å². The molecule has 9 nitrogen and oxygen atoms in total. The molecule has 0 aliphatic carbocycles. The number of nitrogens with two attached hydrogens (primary N) is 1. The van der Waals surface area contributed by atoms with Crippen LogP contribution < -0.4 is 16.4 Å². The summed E-state index contributed by atoms with van der Waals surface area (Å²) in [4.78, 5) is 24.7. The number of carbonyl (C=O) groups is 2. The van der Waals surface area contributed by atoms with Gasteiger partial charge in [-0.15, -0.1) is 0 Å². The van der Waals surface area contributed by atoms with Crippen molar-refractivity contribution in [1.29, 1.82) is 0 Å². The highest BCUT2D eigenvalue weighted by molar-refractivity contribution is 7.99. The lowest BCUT2D eigenvalue weighted by Crippen LogP contribution is -2.31. The van der Waals surface area contributed by atoms with Gasteiger partial charge in [-0.25, -0.2) is 0 Å². The maximum Gasteiger partial charge on any atom is 0.224 e. The van der Waals surface area contributed by atoms with Crippen molar-refractivity contribution in [2.75, 3.05) is 29.2 Å². The number of carbonyl (C=O) groups excluding carboxylic acids is 2. The number of benzene rings is 4. The van der Waals surface area contributed by atoms with Gasteiger partial charge in [0.1, 0.15) is 0 Å². The summed E-state index contributed by atoms with van der Waals surface area (Å²) in [6.45, 7) is 0.512. The van der Waals surface area contributed by atoms with Crippen LogP contribution in [0.4, 0.5) is 11.4 Å². The normalized spacial score (nSPS) is 17.5. The zero-order chi connectivity index (χ0) is 33.7. The molecule has 4 aromatic rings. The average Bonchev–Trinajstić information content (AvgIpc) is 3.12. The second-order valence-corrected chi connectivity index (χ2v) is 12.9. The van der Waals surface area contributed by atoms with Gasteiger partial charge in [-0.2, -0.15) is 11.8 Å². The van der Waals surface area contributed by atoms with E-state index < -0.39 is 6.29 Å². The number of rotatable bonds is 15. The number of nitrogens with one attached hydrogen (secondary N) is 2.